The molecule has 8 heteroatoms. The zero-order valence-electron chi connectivity index (χ0n) is 12.2. The molecule has 4 heterocycles. The minimum absolute atomic E-state index is 0.161. The van der Waals surface area contributed by atoms with Crippen LogP contribution in [-0.4, -0.2) is 41.7 Å². The third-order valence-electron chi connectivity index (χ3n) is 4.07. The fraction of sp³-hybridized carbons (Fsp3) is 0.400. The molecule has 2 aliphatic heterocycles. The van der Waals surface area contributed by atoms with Crippen molar-refractivity contribution in [2.75, 3.05) is 24.5 Å². The van der Waals surface area contributed by atoms with Gasteiger partial charge in [0.1, 0.15) is 21.9 Å². The van der Waals surface area contributed by atoms with Crippen molar-refractivity contribution in [2.45, 2.75) is 19.0 Å². The molecule has 2 aromatic heterocycles. The van der Waals surface area contributed by atoms with Gasteiger partial charge in [0.25, 0.3) is 5.91 Å². The van der Waals surface area contributed by atoms with Crippen molar-refractivity contribution in [1.29, 1.82) is 0 Å². The van der Waals surface area contributed by atoms with Gasteiger partial charge in [-0.25, -0.2) is 14.4 Å². The molecule has 2 aliphatic rings. The molecule has 4 rings (SSSR count). The number of carbonyl (C=O) groups excluding carboxylic acids is 1. The van der Waals surface area contributed by atoms with Crippen LogP contribution >= 0.6 is 11.3 Å². The van der Waals surface area contributed by atoms with Gasteiger partial charge in [0.15, 0.2) is 0 Å². The van der Waals surface area contributed by atoms with Gasteiger partial charge in [-0.1, -0.05) is 0 Å². The smallest absolute Gasteiger partial charge is 0.263 e. The number of amides is 1. The lowest BCUT2D eigenvalue weighted by atomic mass is 10.2. The van der Waals surface area contributed by atoms with Crippen LogP contribution in [0.1, 0.15) is 21.8 Å². The number of hydrogen-bond donors (Lipinski definition) is 1. The number of aromatic nitrogens is 2. The van der Waals surface area contributed by atoms with Crippen LogP contribution in [0, 0.1) is 5.95 Å². The van der Waals surface area contributed by atoms with Gasteiger partial charge in [0.05, 0.1) is 17.8 Å². The Labute approximate surface area is 135 Å². The Morgan fingerprint density at radius 1 is 1.35 bits per heavy atom. The van der Waals surface area contributed by atoms with Gasteiger partial charge in [-0.15, -0.1) is 11.3 Å². The van der Waals surface area contributed by atoms with Crippen LogP contribution in [0.25, 0.3) is 10.6 Å². The van der Waals surface area contributed by atoms with E-state index in [4.69, 9.17) is 0 Å². The van der Waals surface area contributed by atoms with Gasteiger partial charge in [-0.3, -0.25) is 4.79 Å². The molecule has 23 heavy (non-hydrogen) atoms. The molecule has 1 amide bonds. The Bertz CT molecular complexity index is 779. The summed E-state index contributed by atoms with van der Waals surface area (Å²) in [5.41, 5.74) is 0.981. The largest absolute Gasteiger partial charge is 0.353 e. The zero-order chi connectivity index (χ0) is 16.0. The summed E-state index contributed by atoms with van der Waals surface area (Å²) in [6.45, 7) is 1.34. The van der Waals surface area contributed by atoms with E-state index in [-0.39, 0.29) is 18.0 Å². The van der Waals surface area contributed by atoms with Gasteiger partial charge in [0.2, 0.25) is 5.95 Å². The maximum atomic E-state index is 14.4. The average molecular weight is 336 g/mol. The number of thiazole rings is 1. The van der Waals surface area contributed by atoms with E-state index < -0.39 is 12.1 Å². The predicted octanol–water partition coefficient (Wildman–Crippen LogP) is 2.18. The van der Waals surface area contributed by atoms with E-state index in [1.54, 1.807) is 17.0 Å². The zero-order valence-corrected chi connectivity index (χ0v) is 13.0. The maximum Gasteiger partial charge on any atom is 0.263 e. The lowest BCUT2D eigenvalue weighted by molar-refractivity contribution is 0.0950. The van der Waals surface area contributed by atoms with Crippen molar-refractivity contribution in [1.82, 2.24) is 15.3 Å². The highest BCUT2D eigenvalue weighted by Gasteiger charge is 2.26. The van der Waals surface area contributed by atoms with Gasteiger partial charge in [0, 0.05) is 19.5 Å². The summed E-state index contributed by atoms with van der Waals surface area (Å²) >= 11 is 1.17. The first kappa shape index (κ1) is 14.5. The summed E-state index contributed by atoms with van der Waals surface area (Å²) in [6.07, 6.45) is 0.208. The molecule has 1 fully saturated rings. The molecular formula is C15H14F2N4OS. The molecule has 0 radical (unpaired) electrons. The topological polar surface area (TPSA) is 58.1 Å². The summed E-state index contributed by atoms with van der Waals surface area (Å²) in [5, 5.41) is 3.20. The molecule has 5 nitrogen and oxygen atoms in total. The van der Waals surface area contributed by atoms with Crippen molar-refractivity contribution in [2.24, 2.45) is 0 Å². The quantitative estimate of drug-likeness (QED) is 0.854. The van der Waals surface area contributed by atoms with Crippen molar-refractivity contribution < 1.29 is 13.6 Å². The minimum atomic E-state index is -0.885. The molecule has 1 atom stereocenters. The van der Waals surface area contributed by atoms with E-state index in [0.717, 1.165) is 0 Å². The van der Waals surface area contributed by atoms with Crippen LogP contribution in [-0.2, 0) is 6.42 Å². The lowest BCUT2D eigenvalue weighted by Gasteiger charge is -2.16. The molecule has 1 N–H and O–H groups in total. The van der Waals surface area contributed by atoms with Crippen LogP contribution in [0.3, 0.4) is 0 Å². The van der Waals surface area contributed by atoms with E-state index in [0.29, 0.717) is 47.3 Å². The van der Waals surface area contributed by atoms with E-state index in [9.17, 15) is 13.6 Å². The third-order valence-corrected chi connectivity index (χ3v) is 5.20. The van der Waals surface area contributed by atoms with E-state index in [1.165, 1.54) is 11.3 Å². The van der Waals surface area contributed by atoms with Gasteiger partial charge in [-0.2, -0.15) is 4.39 Å². The number of anilines is 1. The molecule has 0 unspecified atom stereocenters. The van der Waals surface area contributed by atoms with Crippen molar-refractivity contribution in [3.8, 4) is 10.6 Å². The Morgan fingerprint density at radius 2 is 2.22 bits per heavy atom. The Morgan fingerprint density at radius 3 is 2.91 bits per heavy atom. The first-order valence-electron chi connectivity index (χ1n) is 7.45. The molecule has 120 valence electrons. The number of alkyl halides is 1. The molecule has 1 saturated heterocycles. The predicted molar refractivity (Wildman–Crippen MR) is 83.1 cm³/mol. The highest BCUT2D eigenvalue weighted by atomic mass is 32.1. The van der Waals surface area contributed by atoms with Crippen molar-refractivity contribution >= 4 is 23.1 Å². The van der Waals surface area contributed by atoms with Crippen LogP contribution in [0.2, 0.25) is 0 Å². The van der Waals surface area contributed by atoms with E-state index >= 15 is 0 Å². The summed E-state index contributed by atoms with van der Waals surface area (Å²) in [6, 6.07) is 3.28. The molecule has 0 saturated carbocycles. The van der Waals surface area contributed by atoms with Gasteiger partial charge < -0.3 is 10.2 Å². The number of rotatable bonds is 2. The standard InChI is InChI=1S/C15H14F2N4OS/c16-8-4-6-21(7-8)11-2-1-9(13(17)20-11)15-19-10-3-5-18-14(22)12(10)23-15/h1-2,8H,3-7H2,(H,18,22)/t8-/m0/s1. The molecule has 0 bridgehead atoms. The first-order chi connectivity index (χ1) is 11.1. The summed E-state index contributed by atoms with van der Waals surface area (Å²) in [5.74, 6) is -0.368. The van der Waals surface area contributed by atoms with Crippen LogP contribution in [0.4, 0.5) is 14.6 Å². The minimum Gasteiger partial charge on any atom is -0.353 e. The third kappa shape index (κ3) is 2.56. The summed E-state index contributed by atoms with van der Waals surface area (Å²) in [4.78, 5) is 22.4. The number of pyridine rings is 1. The normalized spacial score (nSPS) is 20.5. The fourth-order valence-electron chi connectivity index (χ4n) is 2.87. The number of nitrogens with one attached hydrogen (secondary N) is 1. The highest BCUT2D eigenvalue weighted by molar-refractivity contribution is 7.17. The molecule has 2 aromatic rings. The number of fused-ring (bicyclic) bond motifs is 1. The SMILES string of the molecule is O=C1NCCc2nc(-c3ccc(N4CC[C@H](F)C4)nc3F)sc21. The van der Waals surface area contributed by atoms with E-state index in [2.05, 4.69) is 15.3 Å². The van der Waals surface area contributed by atoms with E-state index in [1.807, 2.05) is 0 Å². The number of hydrogen-bond acceptors (Lipinski definition) is 5. The Kier molecular flexibility index (Phi) is 3.48. The second kappa shape index (κ2) is 5.52. The number of nitrogens with zero attached hydrogens (tertiary/aromatic N) is 3. The number of halogens is 2. The second-order valence-corrected chi connectivity index (χ2v) is 6.64. The van der Waals surface area contributed by atoms with Gasteiger partial charge in [-0.05, 0) is 18.6 Å². The molecule has 0 aliphatic carbocycles. The van der Waals surface area contributed by atoms with Gasteiger partial charge >= 0.3 is 0 Å². The highest BCUT2D eigenvalue weighted by Crippen LogP contribution is 2.32. The lowest BCUT2D eigenvalue weighted by Crippen LogP contribution is -2.30. The van der Waals surface area contributed by atoms with Crippen LogP contribution in [0.5, 0.6) is 0 Å². The second-order valence-electron chi connectivity index (χ2n) is 5.64. The average Bonchev–Trinajstić information content (AvgIpc) is 3.14. The first-order valence-corrected chi connectivity index (χ1v) is 8.27. The number of carbonyl (C=O) groups is 1. The maximum absolute atomic E-state index is 14.4. The molecular weight excluding hydrogens is 322 g/mol. The molecule has 0 spiro atoms. The Balaban J connectivity index is 1.66. The van der Waals surface area contributed by atoms with Crippen LogP contribution in [0.15, 0.2) is 12.1 Å². The van der Waals surface area contributed by atoms with Crippen LogP contribution < -0.4 is 10.2 Å². The van der Waals surface area contributed by atoms with Crippen molar-refractivity contribution in [3.05, 3.63) is 28.7 Å². The van der Waals surface area contributed by atoms with Crippen molar-refractivity contribution in [3.63, 3.8) is 0 Å². The fourth-order valence-corrected chi connectivity index (χ4v) is 3.92. The Hall–Kier alpha value is -2.09. The monoisotopic (exact) mass is 336 g/mol. The molecule has 0 aromatic carbocycles. The summed E-state index contributed by atoms with van der Waals surface area (Å²) < 4.78 is 27.6. The summed E-state index contributed by atoms with van der Waals surface area (Å²) in [7, 11) is 0.